The number of halogens is 1. The van der Waals surface area contributed by atoms with Gasteiger partial charge in [-0.25, -0.2) is 15.0 Å². The van der Waals surface area contributed by atoms with Gasteiger partial charge in [0.15, 0.2) is 5.82 Å². The van der Waals surface area contributed by atoms with E-state index in [4.69, 9.17) is 16.6 Å². The second kappa shape index (κ2) is 9.57. The second-order valence-electron chi connectivity index (χ2n) is 10.1. The Morgan fingerprint density at radius 2 is 1.80 bits per heavy atom. The van der Waals surface area contributed by atoms with Crippen molar-refractivity contribution in [3.63, 3.8) is 0 Å². The number of H-pyrrole nitrogens is 1. The van der Waals surface area contributed by atoms with Gasteiger partial charge in [0, 0.05) is 59.5 Å². The number of nitrogens with zero attached hydrogens (tertiary/aromatic N) is 6. The molecule has 6 aromatic rings. The highest BCUT2D eigenvalue weighted by atomic mass is 35.5. The molecule has 1 aliphatic rings. The Hall–Kier alpha value is -5.02. The van der Waals surface area contributed by atoms with Crippen molar-refractivity contribution in [1.82, 2.24) is 29.7 Å². The Bertz CT molecular complexity index is 1960. The number of anilines is 3. The van der Waals surface area contributed by atoms with Crippen LogP contribution >= 0.6 is 11.6 Å². The van der Waals surface area contributed by atoms with Gasteiger partial charge in [-0.3, -0.25) is 9.48 Å². The van der Waals surface area contributed by atoms with Crippen molar-refractivity contribution in [2.45, 2.75) is 20.4 Å². The van der Waals surface area contributed by atoms with Gasteiger partial charge in [-0.05, 0) is 54.8 Å². The monoisotopic (exact) mass is 560 g/mol. The van der Waals surface area contributed by atoms with Gasteiger partial charge in [0.05, 0.1) is 23.4 Å². The SMILES string of the molecule is Cc1cnc(Nc2cc(C)n(C)n2)nc1-c1c[nH]c2c(N3Cc4c(cccc4-c4ccc(Cl)nc4)C3=O)cccc12. The molecule has 2 aromatic carbocycles. The van der Waals surface area contributed by atoms with Crippen LogP contribution in [0.4, 0.5) is 17.5 Å². The predicted octanol–water partition coefficient (Wildman–Crippen LogP) is 6.59. The van der Waals surface area contributed by atoms with E-state index in [1.54, 1.807) is 23.1 Å². The number of benzene rings is 2. The average Bonchev–Trinajstić information content (AvgIpc) is 3.65. The van der Waals surface area contributed by atoms with Crippen molar-refractivity contribution in [2.75, 3.05) is 10.2 Å². The minimum atomic E-state index is -0.0391. The average molecular weight is 561 g/mol. The Balaban J connectivity index is 1.26. The maximum absolute atomic E-state index is 13.7. The molecule has 7 rings (SSSR count). The van der Waals surface area contributed by atoms with Gasteiger partial charge < -0.3 is 15.2 Å². The topological polar surface area (TPSA) is 105 Å². The number of pyridine rings is 1. The fraction of sp³-hybridized carbons (Fsp3) is 0.129. The molecule has 202 valence electrons. The van der Waals surface area contributed by atoms with Crippen LogP contribution in [0.25, 0.3) is 33.3 Å². The summed E-state index contributed by atoms with van der Waals surface area (Å²) in [5.74, 6) is 1.10. The number of aromatic nitrogens is 6. The summed E-state index contributed by atoms with van der Waals surface area (Å²) < 4.78 is 1.80. The molecule has 5 heterocycles. The summed E-state index contributed by atoms with van der Waals surface area (Å²) in [6, 6.07) is 17.4. The Labute approximate surface area is 240 Å². The van der Waals surface area contributed by atoms with E-state index in [-0.39, 0.29) is 5.91 Å². The lowest BCUT2D eigenvalue weighted by Gasteiger charge is -2.17. The molecular formula is C31H25ClN8O. The van der Waals surface area contributed by atoms with E-state index in [1.165, 1.54) is 0 Å². The third kappa shape index (κ3) is 4.22. The van der Waals surface area contributed by atoms with E-state index in [0.717, 1.165) is 55.8 Å². The maximum atomic E-state index is 13.7. The van der Waals surface area contributed by atoms with Crippen molar-refractivity contribution in [3.8, 4) is 22.4 Å². The first-order valence-electron chi connectivity index (χ1n) is 13.1. The van der Waals surface area contributed by atoms with Gasteiger partial charge >= 0.3 is 0 Å². The summed E-state index contributed by atoms with van der Waals surface area (Å²) in [6.45, 7) is 4.42. The molecule has 0 spiro atoms. The smallest absolute Gasteiger partial charge is 0.259 e. The number of hydrogen-bond acceptors (Lipinski definition) is 6. The summed E-state index contributed by atoms with van der Waals surface area (Å²) in [5.41, 5.74) is 8.92. The molecule has 10 heteroatoms. The molecule has 4 aromatic heterocycles. The number of fused-ring (bicyclic) bond motifs is 2. The Morgan fingerprint density at radius 3 is 2.59 bits per heavy atom. The van der Waals surface area contributed by atoms with E-state index < -0.39 is 0 Å². The van der Waals surface area contributed by atoms with Crippen LogP contribution in [0.15, 0.2) is 73.2 Å². The summed E-state index contributed by atoms with van der Waals surface area (Å²) in [4.78, 5) is 32.5. The zero-order valence-electron chi connectivity index (χ0n) is 22.6. The lowest BCUT2D eigenvalue weighted by Crippen LogP contribution is -2.23. The quantitative estimate of drug-likeness (QED) is 0.230. The Kier molecular flexibility index (Phi) is 5.83. The van der Waals surface area contributed by atoms with Gasteiger partial charge in [0.2, 0.25) is 5.95 Å². The first-order valence-corrected chi connectivity index (χ1v) is 13.5. The Morgan fingerprint density at radius 1 is 0.976 bits per heavy atom. The van der Waals surface area contributed by atoms with Crippen LogP contribution in [-0.4, -0.2) is 35.6 Å². The number of aryl methyl sites for hydroxylation is 3. The number of carbonyl (C=O) groups is 1. The van der Waals surface area contributed by atoms with E-state index >= 15 is 0 Å². The summed E-state index contributed by atoms with van der Waals surface area (Å²) >= 11 is 6.01. The lowest BCUT2D eigenvalue weighted by molar-refractivity contribution is 0.0997. The molecule has 0 radical (unpaired) electrons. The molecule has 0 bridgehead atoms. The zero-order chi connectivity index (χ0) is 28.2. The number of aromatic amines is 1. The van der Waals surface area contributed by atoms with Gasteiger partial charge in [0.25, 0.3) is 5.91 Å². The number of hydrogen-bond donors (Lipinski definition) is 2. The predicted molar refractivity (Wildman–Crippen MR) is 160 cm³/mol. The second-order valence-corrected chi connectivity index (χ2v) is 10.5. The standard InChI is InChI=1S/C31H25ClN8O/c1-17-13-35-31(36-27-12-18(2)39(3)38-27)37-28(17)23-15-34-29-21(23)7-5-9-25(29)40-16-24-20(6-4-8-22(24)30(40)41)19-10-11-26(32)33-14-19/h4-15,34H,16H2,1-3H3,(H,35,36,37,38). The number of nitrogens with one attached hydrogen (secondary N) is 2. The number of rotatable bonds is 5. The van der Waals surface area contributed by atoms with Crippen LogP contribution in [0, 0.1) is 13.8 Å². The molecule has 0 unspecified atom stereocenters. The van der Waals surface area contributed by atoms with Crippen molar-refractivity contribution < 1.29 is 4.79 Å². The fourth-order valence-electron chi connectivity index (χ4n) is 5.40. The molecular weight excluding hydrogens is 536 g/mol. The molecule has 1 amide bonds. The van der Waals surface area contributed by atoms with Gasteiger partial charge in [-0.2, -0.15) is 5.10 Å². The molecule has 0 aliphatic carbocycles. The highest BCUT2D eigenvalue weighted by Crippen LogP contribution is 2.40. The van der Waals surface area contributed by atoms with Crippen LogP contribution in [0.5, 0.6) is 0 Å². The molecule has 0 saturated heterocycles. The first kappa shape index (κ1) is 25.0. The van der Waals surface area contributed by atoms with Crippen LogP contribution in [0.1, 0.15) is 27.2 Å². The third-order valence-electron chi connectivity index (χ3n) is 7.57. The molecule has 0 atom stereocenters. The van der Waals surface area contributed by atoms with Gasteiger partial charge in [-0.1, -0.05) is 35.9 Å². The van der Waals surface area contributed by atoms with Crippen molar-refractivity contribution in [3.05, 3.63) is 101 Å². The fourth-order valence-corrected chi connectivity index (χ4v) is 5.52. The number of para-hydroxylation sites is 1. The summed E-state index contributed by atoms with van der Waals surface area (Å²) in [6.07, 6.45) is 5.48. The van der Waals surface area contributed by atoms with Gasteiger partial charge in [0.1, 0.15) is 5.15 Å². The van der Waals surface area contributed by atoms with Crippen molar-refractivity contribution in [1.29, 1.82) is 0 Å². The highest BCUT2D eigenvalue weighted by molar-refractivity contribution is 6.29. The minimum Gasteiger partial charge on any atom is -0.359 e. The zero-order valence-corrected chi connectivity index (χ0v) is 23.4. The first-order chi connectivity index (χ1) is 19.9. The highest BCUT2D eigenvalue weighted by Gasteiger charge is 2.32. The maximum Gasteiger partial charge on any atom is 0.259 e. The van der Waals surface area contributed by atoms with E-state index in [2.05, 4.69) is 25.4 Å². The molecule has 2 N–H and O–H groups in total. The van der Waals surface area contributed by atoms with Crippen LogP contribution in [-0.2, 0) is 13.6 Å². The van der Waals surface area contributed by atoms with E-state index in [9.17, 15) is 4.79 Å². The third-order valence-corrected chi connectivity index (χ3v) is 7.79. The van der Waals surface area contributed by atoms with Crippen LogP contribution in [0.3, 0.4) is 0 Å². The van der Waals surface area contributed by atoms with Crippen LogP contribution in [0.2, 0.25) is 5.15 Å². The summed E-state index contributed by atoms with van der Waals surface area (Å²) in [7, 11) is 1.89. The van der Waals surface area contributed by atoms with Gasteiger partial charge in [-0.15, -0.1) is 0 Å². The molecule has 1 aliphatic heterocycles. The molecule has 41 heavy (non-hydrogen) atoms. The number of carbonyl (C=O) groups excluding carboxylic acids is 1. The van der Waals surface area contributed by atoms with E-state index in [0.29, 0.717) is 29.0 Å². The summed E-state index contributed by atoms with van der Waals surface area (Å²) in [5, 5.41) is 9.06. The largest absolute Gasteiger partial charge is 0.359 e. The minimum absolute atomic E-state index is 0.0391. The van der Waals surface area contributed by atoms with Crippen LogP contribution < -0.4 is 10.2 Å². The normalized spacial score (nSPS) is 12.8. The van der Waals surface area contributed by atoms with Crippen molar-refractivity contribution >= 4 is 45.9 Å². The number of amides is 1. The van der Waals surface area contributed by atoms with Crippen molar-refractivity contribution in [2.24, 2.45) is 7.05 Å². The lowest BCUT2D eigenvalue weighted by atomic mass is 9.98. The van der Waals surface area contributed by atoms with E-state index in [1.807, 2.05) is 80.5 Å². The molecule has 9 nitrogen and oxygen atoms in total. The molecule has 0 fully saturated rings. The molecule has 0 saturated carbocycles.